The van der Waals surface area contributed by atoms with E-state index in [-0.39, 0.29) is 6.10 Å². The highest BCUT2D eigenvalue weighted by Gasteiger charge is 2.05. The molecule has 18 heavy (non-hydrogen) atoms. The van der Waals surface area contributed by atoms with Gasteiger partial charge in [0.15, 0.2) is 0 Å². The van der Waals surface area contributed by atoms with Crippen molar-refractivity contribution in [1.29, 1.82) is 0 Å². The van der Waals surface area contributed by atoms with E-state index >= 15 is 0 Å². The van der Waals surface area contributed by atoms with Crippen LogP contribution in [0.4, 0.5) is 0 Å². The van der Waals surface area contributed by atoms with Crippen molar-refractivity contribution in [1.82, 2.24) is 15.0 Å². The normalized spacial score (nSPS) is 12.4. The number of halogens is 1. The summed E-state index contributed by atoms with van der Waals surface area (Å²) in [7, 11) is 0. The first-order valence-electron chi connectivity index (χ1n) is 5.97. The van der Waals surface area contributed by atoms with E-state index in [0.717, 1.165) is 23.6 Å². The third-order valence-electron chi connectivity index (χ3n) is 2.67. The molecule has 1 atom stereocenters. The fraction of sp³-hybridized carbons (Fsp3) is 0.385. The number of benzene rings is 1. The molecule has 0 N–H and O–H groups in total. The Morgan fingerprint density at radius 3 is 2.94 bits per heavy atom. The van der Waals surface area contributed by atoms with Gasteiger partial charge in [-0.15, -0.1) is 5.10 Å². The Labute approximate surface area is 115 Å². The molecule has 0 saturated heterocycles. The van der Waals surface area contributed by atoms with Crippen LogP contribution in [0.15, 0.2) is 30.5 Å². The van der Waals surface area contributed by atoms with Crippen molar-refractivity contribution in [3.05, 3.63) is 36.2 Å². The van der Waals surface area contributed by atoms with Crippen molar-refractivity contribution in [3.63, 3.8) is 0 Å². The van der Waals surface area contributed by atoms with Crippen LogP contribution in [0.25, 0.3) is 5.69 Å². The van der Waals surface area contributed by atoms with Crippen LogP contribution in [0.1, 0.15) is 26.0 Å². The van der Waals surface area contributed by atoms with Gasteiger partial charge in [-0.2, -0.15) is 0 Å². The van der Waals surface area contributed by atoms with Gasteiger partial charge in [0.05, 0.1) is 23.7 Å². The minimum Gasteiger partial charge on any atom is -0.491 e. The molecule has 0 bridgehead atoms. The maximum absolute atomic E-state index is 5.79. The molecule has 1 unspecified atom stereocenters. The summed E-state index contributed by atoms with van der Waals surface area (Å²) >= 11 is 3.36. The minimum atomic E-state index is 0.217. The zero-order chi connectivity index (χ0) is 13.0. The van der Waals surface area contributed by atoms with E-state index in [1.54, 1.807) is 4.68 Å². The topological polar surface area (TPSA) is 39.9 Å². The van der Waals surface area contributed by atoms with Crippen molar-refractivity contribution in [2.24, 2.45) is 0 Å². The fourth-order valence-electron chi connectivity index (χ4n) is 1.50. The van der Waals surface area contributed by atoms with Crippen LogP contribution in [0, 0.1) is 0 Å². The van der Waals surface area contributed by atoms with Crippen LogP contribution in [0.5, 0.6) is 5.75 Å². The molecular weight excluding hydrogens is 294 g/mol. The third kappa shape index (κ3) is 3.10. The van der Waals surface area contributed by atoms with Crippen molar-refractivity contribution < 1.29 is 4.74 Å². The van der Waals surface area contributed by atoms with E-state index in [9.17, 15) is 0 Å². The molecule has 0 aliphatic rings. The predicted molar refractivity (Wildman–Crippen MR) is 74.4 cm³/mol. The van der Waals surface area contributed by atoms with Gasteiger partial charge in [0.1, 0.15) is 5.75 Å². The highest BCUT2D eigenvalue weighted by molar-refractivity contribution is 9.08. The van der Waals surface area contributed by atoms with Gasteiger partial charge in [0.25, 0.3) is 0 Å². The number of ether oxygens (including phenoxy) is 1. The molecule has 1 heterocycles. The van der Waals surface area contributed by atoms with E-state index in [4.69, 9.17) is 4.74 Å². The number of aromatic nitrogens is 3. The summed E-state index contributed by atoms with van der Waals surface area (Å²) in [6.45, 7) is 4.17. The maximum Gasteiger partial charge on any atom is 0.121 e. The third-order valence-corrected chi connectivity index (χ3v) is 3.25. The van der Waals surface area contributed by atoms with Gasteiger partial charge in [-0.3, -0.25) is 0 Å². The molecule has 0 spiro atoms. The highest BCUT2D eigenvalue weighted by atomic mass is 79.9. The maximum atomic E-state index is 5.79. The van der Waals surface area contributed by atoms with Crippen LogP contribution < -0.4 is 4.74 Å². The number of rotatable bonds is 5. The van der Waals surface area contributed by atoms with Crippen LogP contribution in [0.3, 0.4) is 0 Å². The second-order valence-corrected chi connectivity index (χ2v) is 4.68. The number of alkyl halides is 1. The van der Waals surface area contributed by atoms with E-state index in [1.165, 1.54) is 0 Å². The molecule has 0 aliphatic heterocycles. The highest BCUT2D eigenvalue weighted by Crippen LogP contribution is 2.18. The Morgan fingerprint density at radius 2 is 2.28 bits per heavy atom. The van der Waals surface area contributed by atoms with Gasteiger partial charge < -0.3 is 4.74 Å². The number of hydrogen-bond donors (Lipinski definition) is 0. The molecular formula is C13H16BrN3O. The molecule has 0 amide bonds. The molecule has 96 valence electrons. The SMILES string of the molecule is CCC(C)Oc1cccc(-n2cc(CBr)nn2)c1. The first-order valence-corrected chi connectivity index (χ1v) is 7.09. The molecule has 0 fully saturated rings. The Hall–Kier alpha value is -1.36. The summed E-state index contributed by atoms with van der Waals surface area (Å²) in [5, 5.41) is 8.83. The second-order valence-electron chi connectivity index (χ2n) is 4.12. The lowest BCUT2D eigenvalue weighted by atomic mass is 10.3. The molecule has 2 rings (SSSR count). The zero-order valence-electron chi connectivity index (χ0n) is 10.5. The molecule has 5 heteroatoms. The van der Waals surface area contributed by atoms with Crippen LogP contribution in [-0.2, 0) is 5.33 Å². The van der Waals surface area contributed by atoms with E-state index in [1.807, 2.05) is 30.5 Å². The van der Waals surface area contributed by atoms with E-state index < -0.39 is 0 Å². The lowest BCUT2D eigenvalue weighted by Crippen LogP contribution is -2.09. The molecule has 0 aliphatic carbocycles. The summed E-state index contributed by atoms with van der Waals surface area (Å²) in [5.74, 6) is 0.859. The zero-order valence-corrected chi connectivity index (χ0v) is 12.1. The van der Waals surface area contributed by atoms with Gasteiger partial charge in [0, 0.05) is 11.4 Å². The average Bonchev–Trinajstić information content (AvgIpc) is 2.87. The largest absolute Gasteiger partial charge is 0.491 e. The van der Waals surface area contributed by atoms with Gasteiger partial charge in [-0.25, -0.2) is 4.68 Å². The summed E-state index contributed by atoms with van der Waals surface area (Å²) in [6, 6.07) is 7.87. The molecule has 4 nitrogen and oxygen atoms in total. The Bertz CT molecular complexity index is 512. The summed E-state index contributed by atoms with van der Waals surface area (Å²) < 4.78 is 7.54. The van der Waals surface area contributed by atoms with Crippen LogP contribution >= 0.6 is 15.9 Å². The van der Waals surface area contributed by atoms with E-state index in [2.05, 4.69) is 40.1 Å². The van der Waals surface area contributed by atoms with Crippen LogP contribution in [0.2, 0.25) is 0 Å². The van der Waals surface area contributed by atoms with Crippen LogP contribution in [-0.4, -0.2) is 21.1 Å². The quantitative estimate of drug-likeness (QED) is 0.795. The van der Waals surface area contributed by atoms with Crippen molar-refractivity contribution >= 4 is 15.9 Å². The Morgan fingerprint density at radius 1 is 1.44 bits per heavy atom. The Balaban J connectivity index is 2.21. The van der Waals surface area contributed by atoms with Crippen molar-refractivity contribution in [2.75, 3.05) is 0 Å². The number of hydrogen-bond acceptors (Lipinski definition) is 3. The van der Waals surface area contributed by atoms with Gasteiger partial charge in [0.2, 0.25) is 0 Å². The smallest absolute Gasteiger partial charge is 0.121 e. The van der Waals surface area contributed by atoms with Gasteiger partial charge in [-0.05, 0) is 25.5 Å². The lowest BCUT2D eigenvalue weighted by Gasteiger charge is -2.13. The first kappa shape index (κ1) is 13.1. The molecule has 0 saturated carbocycles. The lowest BCUT2D eigenvalue weighted by molar-refractivity contribution is 0.217. The molecule has 1 aromatic heterocycles. The Kier molecular flexibility index (Phi) is 4.36. The number of nitrogens with zero attached hydrogens (tertiary/aromatic N) is 3. The van der Waals surface area contributed by atoms with Gasteiger partial charge >= 0.3 is 0 Å². The minimum absolute atomic E-state index is 0.217. The van der Waals surface area contributed by atoms with Crippen molar-refractivity contribution in [3.8, 4) is 11.4 Å². The summed E-state index contributed by atoms with van der Waals surface area (Å²) in [4.78, 5) is 0. The monoisotopic (exact) mass is 309 g/mol. The first-order chi connectivity index (χ1) is 8.72. The molecule has 0 radical (unpaired) electrons. The molecule has 1 aromatic carbocycles. The molecule has 2 aromatic rings. The summed E-state index contributed by atoms with van der Waals surface area (Å²) in [5.41, 5.74) is 1.86. The standard InChI is InChI=1S/C13H16BrN3O/c1-3-10(2)18-13-6-4-5-12(7-13)17-9-11(8-14)15-16-17/h4-7,9-10H,3,8H2,1-2H3. The predicted octanol–water partition coefficient (Wildman–Crippen LogP) is 3.34. The van der Waals surface area contributed by atoms with Crippen molar-refractivity contribution in [2.45, 2.75) is 31.7 Å². The second kappa shape index (κ2) is 6.00. The summed E-state index contributed by atoms with van der Waals surface area (Å²) in [6.07, 6.45) is 3.10. The average molecular weight is 310 g/mol. The fourth-order valence-corrected chi connectivity index (χ4v) is 1.76. The van der Waals surface area contributed by atoms with Gasteiger partial charge in [-0.1, -0.05) is 34.1 Å². The van der Waals surface area contributed by atoms with E-state index in [0.29, 0.717) is 5.33 Å².